The van der Waals surface area contributed by atoms with Gasteiger partial charge in [0.05, 0.1) is 28.0 Å². The Hall–Kier alpha value is -1.84. The number of amides is 1. The highest BCUT2D eigenvalue weighted by molar-refractivity contribution is 7.93. The lowest BCUT2D eigenvalue weighted by Gasteiger charge is -2.43. The molecule has 0 radical (unpaired) electrons. The van der Waals surface area contributed by atoms with Gasteiger partial charge in [-0.3, -0.25) is 9.69 Å². The maximum Gasteiger partial charge on any atom is 0.243 e. The van der Waals surface area contributed by atoms with Gasteiger partial charge in [0, 0.05) is 19.6 Å². The summed E-state index contributed by atoms with van der Waals surface area (Å²) in [5, 5.41) is 12.6. The molecule has 1 amide bonds. The highest BCUT2D eigenvalue weighted by Crippen LogP contribution is 2.33. The van der Waals surface area contributed by atoms with E-state index in [1.807, 2.05) is 30.3 Å². The third-order valence-electron chi connectivity index (χ3n) is 5.59. The van der Waals surface area contributed by atoms with Gasteiger partial charge >= 0.3 is 0 Å². The van der Waals surface area contributed by atoms with Crippen molar-refractivity contribution < 1.29 is 18.3 Å². The Balaban J connectivity index is 1.77. The summed E-state index contributed by atoms with van der Waals surface area (Å²) >= 11 is 11.5. The molecule has 0 atom stereocenters. The number of benzene rings is 1. The van der Waals surface area contributed by atoms with E-state index in [9.17, 15) is 18.3 Å². The molecule has 168 valence electrons. The van der Waals surface area contributed by atoms with E-state index in [0.717, 1.165) is 11.6 Å². The summed E-state index contributed by atoms with van der Waals surface area (Å²) in [7, 11) is -3.87. The van der Waals surface area contributed by atoms with Crippen LogP contribution in [0.5, 0.6) is 0 Å². The van der Waals surface area contributed by atoms with E-state index < -0.39 is 15.7 Å². The standard InChI is InChI=1S/C21H25Cl2N3O4S/c1-2-17(12-18(23)19(27)13-22)31(29,30)26-10-8-21(9-11-26)24-20(28)15-25(21)14-16-6-4-3-5-7-16/h2-7,12,27H,1,8-11,13-15H2,(H,24,28)/b17-12+,19-18-. The van der Waals surface area contributed by atoms with Gasteiger partial charge in [-0.2, -0.15) is 4.31 Å². The summed E-state index contributed by atoms with van der Waals surface area (Å²) in [5.41, 5.74) is 0.511. The first-order chi connectivity index (χ1) is 14.7. The fourth-order valence-electron chi connectivity index (χ4n) is 3.91. The molecule has 10 heteroatoms. The maximum atomic E-state index is 13.1. The average molecular weight is 486 g/mol. The monoisotopic (exact) mass is 485 g/mol. The molecular formula is C21H25Cl2N3O4S. The Morgan fingerprint density at radius 1 is 1.26 bits per heavy atom. The molecule has 2 heterocycles. The molecule has 0 saturated carbocycles. The molecular weight excluding hydrogens is 461 g/mol. The van der Waals surface area contributed by atoms with E-state index in [4.69, 9.17) is 23.2 Å². The summed E-state index contributed by atoms with van der Waals surface area (Å²) < 4.78 is 27.5. The second kappa shape index (κ2) is 9.75. The van der Waals surface area contributed by atoms with E-state index in [0.29, 0.717) is 19.4 Å². The lowest BCUT2D eigenvalue weighted by atomic mass is 9.97. The smallest absolute Gasteiger partial charge is 0.243 e. The molecule has 31 heavy (non-hydrogen) atoms. The normalized spacial score (nSPS) is 21.1. The number of hydrogen-bond donors (Lipinski definition) is 2. The maximum absolute atomic E-state index is 13.1. The van der Waals surface area contributed by atoms with Crippen LogP contribution in [-0.4, -0.2) is 59.8 Å². The van der Waals surface area contributed by atoms with Crippen LogP contribution in [-0.2, 0) is 21.4 Å². The van der Waals surface area contributed by atoms with Crippen LogP contribution in [0.1, 0.15) is 18.4 Å². The van der Waals surface area contributed by atoms with Crippen molar-refractivity contribution in [3.05, 3.63) is 70.3 Å². The number of hydrogen-bond acceptors (Lipinski definition) is 5. The molecule has 2 N–H and O–H groups in total. The van der Waals surface area contributed by atoms with Crippen molar-refractivity contribution in [3.63, 3.8) is 0 Å². The Morgan fingerprint density at radius 3 is 2.48 bits per heavy atom. The topological polar surface area (TPSA) is 90.0 Å². The lowest BCUT2D eigenvalue weighted by Crippen LogP contribution is -2.58. The van der Waals surface area contributed by atoms with E-state index in [1.165, 1.54) is 10.4 Å². The van der Waals surface area contributed by atoms with E-state index in [1.54, 1.807) is 0 Å². The molecule has 2 saturated heterocycles. The van der Waals surface area contributed by atoms with E-state index in [-0.39, 0.29) is 47.1 Å². The Labute approximate surface area is 192 Å². The highest BCUT2D eigenvalue weighted by Gasteiger charge is 2.48. The first kappa shape index (κ1) is 23.8. The van der Waals surface area contributed by atoms with Gasteiger partial charge in [0.15, 0.2) is 0 Å². The summed E-state index contributed by atoms with van der Waals surface area (Å²) in [4.78, 5) is 14.2. The lowest BCUT2D eigenvalue weighted by molar-refractivity contribution is -0.119. The predicted molar refractivity (Wildman–Crippen MR) is 122 cm³/mol. The number of aliphatic hydroxyl groups is 1. The molecule has 0 bridgehead atoms. The number of piperidine rings is 1. The first-order valence-corrected chi connectivity index (χ1v) is 12.1. The minimum atomic E-state index is -3.87. The molecule has 2 fully saturated rings. The van der Waals surface area contributed by atoms with Crippen LogP contribution in [0.4, 0.5) is 0 Å². The van der Waals surface area contributed by atoms with Crippen LogP contribution >= 0.6 is 23.2 Å². The molecule has 3 rings (SSSR count). The number of carbonyl (C=O) groups is 1. The van der Waals surface area contributed by atoms with Crippen LogP contribution in [0.2, 0.25) is 0 Å². The highest BCUT2D eigenvalue weighted by atomic mass is 35.5. The second-order valence-corrected chi connectivity index (χ2v) is 10.1. The van der Waals surface area contributed by atoms with Crippen LogP contribution in [0.15, 0.2) is 64.8 Å². The fourth-order valence-corrected chi connectivity index (χ4v) is 5.81. The van der Waals surface area contributed by atoms with Crippen LogP contribution in [0, 0.1) is 0 Å². The molecule has 7 nitrogen and oxygen atoms in total. The SMILES string of the molecule is C=C/C(=C\C(Cl)=C(\O)CCl)S(=O)(=O)N1CCC2(CC1)NC(=O)CN2Cc1ccccc1. The van der Waals surface area contributed by atoms with Crippen LogP contribution < -0.4 is 5.32 Å². The van der Waals surface area contributed by atoms with Crippen molar-refractivity contribution in [1.82, 2.24) is 14.5 Å². The quantitative estimate of drug-likeness (QED) is 0.351. The van der Waals surface area contributed by atoms with Gasteiger partial charge < -0.3 is 10.4 Å². The number of alkyl halides is 1. The van der Waals surface area contributed by atoms with E-state index >= 15 is 0 Å². The van der Waals surface area contributed by atoms with Crippen LogP contribution in [0.25, 0.3) is 0 Å². The van der Waals surface area contributed by atoms with Gasteiger partial charge in [-0.05, 0) is 30.6 Å². The zero-order valence-corrected chi connectivity index (χ0v) is 19.3. The fraction of sp³-hybridized carbons (Fsp3) is 0.381. The average Bonchev–Trinajstić information content (AvgIpc) is 3.05. The Bertz CT molecular complexity index is 1000. The van der Waals surface area contributed by atoms with Gasteiger partial charge in [-0.15, -0.1) is 11.6 Å². The zero-order valence-electron chi connectivity index (χ0n) is 16.9. The molecule has 1 aromatic rings. The minimum Gasteiger partial charge on any atom is -0.509 e. The minimum absolute atomic E-state index is 0.0626. The van der Waals surface area contributed by atoms with Gasteiger partial charge in [-0.1, -0.05) is 48.5 Å². The number of rotatable bonds is 7. The van der Waals surface area contributed by atoms with Gasteiger partial charge in [0.1, 0.15) is 5.76 Å². The predicted octanol–water partition coefficient (Wildman–Crippen LogP) is 3.06. The third-order valence-corrected chi connectivity index (χ3v) is 8.09. The second-order valence-electron chi connectivity index (χ2n) is 7.50. The number of carbonyl (C=O) groups excluding carboxylic acids is 1. The molecule has 0 unspecified atom stereocenters. The molecule has 1 spiro atoms. The van der Waals surface area contributed by atoms with Crippen molar-refractivity contribution in [2.24, 2.45) is 0 Å². The number of halogens is 2. The largest absolute Gasteiger partial charge is 0.509 e. The van der Waals surface area contributed by atoms with Crippen molar-refractivity contribution in [1.29, 1.82) is 0 Å². The summed E-state index contributed by atoms with van der Waals surface area (Å²) in [6, 6.07) is 9.85. The molecule has 2 aliphatic rings. The van der Waals surface area contributed by atoms with Gasteiger partial charge in [0.2, 0.25) is 15.9 Å². The molecule has 2 aliphatic heterocycles. The Kier molecular flexibility index (Phi) is 7.49. The number of allylic oxidation sites excluding steroid dienone is 4. The van der Waals surface area contributed by atoms with Crippen molar-refractivity contribution >= 4 is 39.1 Å². The third kappa shape index (κ3) is 5.15. The number of nitrogens with one attached hydrogen (secondary N) is 1. The van der Waals surface area contributed by atoms with Crippen molar-refractivity contribution in [2.45, 2.75) is 25.0 Å². The molecule has 0 aliphatic carbocycles. The van der Waals surface area contributed by atoms with Crippen LogP contribution in [0.3, 0.4) is 0 Å². The van der Waals surface area contributed by atoms with Crippen molar-refractivity contribution in [3.8, 4) is 0 Å². The van der Waals surface area contributed by atoms with Gasteiger partial charge in [0.25, 0.3) is 0 Å². The van der Waals surface area contributed by atoms with E-state index in [2.05, 4.69) is 16.8 Å². The summed E-state index contributed by atoms with van der Waals surface area (Å²) in [6.45, 7) is 4.89. The number of aliphatic hydroxyl groups excluding tert-OH is 1. The Morgan fingerprint density at radius 2 is 1.90 bits per heavy atom. The molecule has 0 aromatic heterocycles. The molecule has 1 aromatic carbocycles. The first-order valence-electron chi connectivity index (χ1n) is 9.80. The summed E-state index contributed by atoms with van der Waals surface area (Å²) in [6.07, 6.45) is 3.23. The van der Waals surface area contributed by atoms with Gasteiger partial charge in [-0.25, -0.2) is 8.42 Å². The van der Waals surface area contributed by atoms with Crippen molar-refractivity contribution in [2.75, 3.05) is 25.5 Å². The number of nitrogens with zero attached hydrogens (tertiary/aromatic N) is 2. The summed E-state index contributed by atoms with van der Waals surface area (Å²) in [5.74, 6) is -0.615. The zero-order chi connectivity index (χ0) is 22.6. The number of sulfonamides is 1.